The monoisotopic (exact) mass is 619 g/mol. The molecule has 1 fully saturated rings. The van der Waals surface area contributed by atoms with E-state index in [0.29, 0.717) is 0 Å². The average molecular weight is 620 g/mol. The van der Waals surface area contributed by atoms with Gasteiger partial charge in [0.15, 0.2) is 5.92 Å². The van der Waals surface area contributed by atoms with Crippen molar-refractivity contribution in [1.29, 1.82) is 0 Å². The molecular formula is C33H34NO7PS. The van der Waals surface area contributed by atoms with Crippen molar-refractivity contribution in [1.82, 2.24) is 4.90 Å². The van der Waals surface area contributed by atoms with Crippen LogP contribution in [0.2, 0.25) is 0 Å². The van der Waals surface area contributed by atoms with E-state index in [-0.39, 0.29) is 18.4 Å². The highest BCUT2D eigenvalue weighted by Crippen LogP contribution is 2.50. The molecule has 1 saturated heterocycles. The van der Waals surface area contributed by atoms with Crippen LogP contribution in [0.3, 0.4) is 0 Å². The van der Waals surface area contributed by atoms with Gasteiger partial charge in [0.05, 0.1) is 20.1 Å². The van der Waals surface area contributed by atoms with Gasteiger partial charge in [-0.25, -0.2) is 4.79 Å². The molecule has 3 aromatic rings. The van der Waals surface area contributed by atoms with E-state index in [1.54, 1.807) is 13.8 Å². The molecule has 1 aliphatic heterocycles. The number of benzene rings is 3. The third-order valence-corrected chi connectivity index (χ3v) is 12.2. The summed E-state index contributed by atoms with van der Waals surface area (Å²) in [4.78, 5) is 54.7. The molecule has 1 aliphatic rings. The molecule has 0 radical (unpaired) electrons. The van der Waals surface area contributed by atoms with E-state index < -0.39 is 48.1 Å². The minimum atomic E-state index is -3.08. The number of amides is 1. The number of likely N-dealkylation sites (tertiary alicyclic amines) is 1. The van der Waals surface area contributed by atoms with E-state index in [2.05, 4.69) is 6.58 Å². The molecule has 0 aliphatic carbocycles. The quantitative estimate of drug-likeness (QED) is 0.0993. The lowest BCUT2D eigenvalue weighted by molar-refractivity contribution is -0.168. The van der Waals surface area contributed by atoms with Crippen molar-refractivity contribution in [2.45, 2.75) is 31.7 Å². The summed E-state index contributed by atoms with van der Waals surface area (Å²) < 4.78 is 15.9. The highest BCUT2D eigenvalue weighted by atomic mass is 32.2. The molecule has 1 amide bonds. The standard InChI is InChI=1S/C33H34NO7PS/c1-5-40-27(35)22-23(3)41-32(37)28-29(36)34(31(28)43-6-2)30(33(38)39-4)42(24-16-10-7-11-17-24,25-18-12-8-13-19-25)26-20-14-9-15-21-26/h6-21,23,28,31H,2,5,22H2,1,3-4H3. The van der Waals surface area contributed by atoms with E-state index in [1.807, 2.05) is 91.0 Å². The van der Waals surface area contributed by atoms with Gasteiger partial charge >= 0.3 is 17.9 Å². The zero-order valence-electron chi connectivity index (χ0n) is 24.3. The third kappa shape index (κ3) is 6.33. The molecule has 8 nitrogen and oxygen atoms in total. The fourth-order valence-electron chi connectivity index (χ4n) is 5.17. The Hall–Kier alpha value is -4.07. The van der Waals surface area contributed by atoms with E-state index in [9.17, 15) is 19.2 Å². The number of β-lactam (4-membered cyclic amide) rings is 1. The molecule has 3 unspecified atom stereocenters. The van der Waals surface area contributed by atoms with Crippen LogP contribution in [-0.2, 0) is 33.4 Å². The summed E-state index contributed by atoms with van der Waals surface area (Å²) in [6.45, 7) is 4.19. The van der Waals surface area contributed by atoms with Crippen LogP contribution in [0.1, 0.15) is 20.3 Å². The lowest BCUT2D eigenvalue weighted by Crippen LogP contribution is -2.66. The number of thioether (sulfide) groups is 1. The molecule has 0 saturated carbocycles. The molecule has 43 heavy (non-hydrogen) atoms. The van der Waals surface area contributed by atoms with Gasteiger partial charge in [0, 0.05) is 6.89 Å². The molecule has 0 bridgehead atoms. The summed E-state index contributed by atoms with van der Waals surface area (Å²) in [6, 6.07) is 28.7. The molecule has 1 heterocycles. The topological polar surface area (TPSA) is 99.2 Å². The summed E-state index contributed by atoms with van der Waals surface area (Å²) in [6.07, 6.45) is -0.954. The molecule has 3 aromatic carbocycles. The maximum Gasteiger partial charge on any atom is 0.355 e. The van der Waals surface area contributed by atoms with Crippen LogP contribution in [0.25, 0.3) is 0 Å². The van der Waals surface area contributed by atoms with Crippen molar-refractivity contribution in [2.75, 3.05) is 13.7 Å². The number of carbonyl (C=O) groups excluding carboxylic acids is 4. The summed E-state index contributed by atoms with van der Waals surface area (Å²) in [7, 11) is 1.28. The van der Waals surface area contributed by atoms with Gasteiger partial charge in [0.25, 0.3) is 0 Å². The maximum absolute atomic E-state index is 14.1. The Labute approximate surface area is 256 Å². The molecule has 0 aromatic heterocycles. The molecule has 4 rings (SSSR count). The van der Waals surface area contributed by atoms with Crippen molar-refractivity contribution < 1.29 is 33.4 Å². The Morgan fingerprint density at radius 3 is 1.84 bits per heavy atom. The second kappa shape index (κ2) is 14.4. The SMILES string of the molecule is C=CSC1C(C(=O)OC(C)CC(=O)OCC)C(=O)N1C(C(=O)OC)=P(c1ccccc1)(c1ccccc1)c1ccccc1. The predicted molar refractivity (Wildman–Crippen MR) is 171 cm³/mol. The van der Waals surface area contributed by atoms with Gasteiger partial charge in [0.2, 0.25) is 5.91 Å². The van der Waals surface area contributed by atoms with Gasteiger partial charge in [-0.2, -0.15) is 0 Å². The second-order valence-electron chi connectivity index (χ2n) is 9.63. The van der Waals surface area contributed by atoms with Gasteiger partial charge in [0.1, 0.15) is 16.9 Å². The number of rotatable bonds is 12. The van der Waals surface area contributed by atoms with E-state index in [1.165, 1.54) is 17.4 Å². The number of esters is 3. The van der Waals surface area contributed by atoms with Crippen LogP contribution >= 0.6 is 18.6 Å². The molecule has 0 N–H and O–H groups in total. The maximum atomic E-state index is 14.1. The van der Waals surface area contributed by atoms with Crippen LogP contribution in [-0.4, -0.2) is 59.3 Å². The van der Waals surface area contributed by atoms with Crippen molar-refractivity contribution in [3.05, 3.63) is 103 Å². The molecule has 0 spiro atoms. The normalized spacial score (nSPS) is 16.8. The van der Waals surface area contributed by atoms with Gasteiger partial charge in [-0.3, -0.25) is 19.3 Å². The van der Waals surface area contributed by atoms with Crippen molar-refractivity contribution in [2.24, 2.45) is 5.92 Å². The molecule has 10 heteroatoms. The highest BCUT2D eigenvalue weighted by Gasteiger charge is 2.57. The van der Waals surface area contributed by atoms with Crippen LogP contribution in [0.5, 0.6) is 0 Å². The number of carbonyl (C=O) groups is 4. The fourth-order valence-corrected chi connectivity index (χ4v) is 10.6. The average Bonchev–Trinajstić information content (AvgIpc) is 3.02. The first kappa shape index (κ1) is 31.9. The Kier molecular flexibility index (Phi) is 10.7. The minimum Gasteiger partial charge on any atom is -0.466 e. The van der Waals surface area contributed by atoms with Gasteiger partial charge in [-0.15, -0.1) is 11.8 Å². The molecular weight excluding hydrogens is 585 g/mol. The first-order valence-electron chi connectivity index (χ1n) is 13.8. The largest absolute Gasteiger partial charge is 0.466 e. The number of hydrogen-bond acceptors (Lipinski definition) is 8. The van der Waals surface area contributed by atoms with E-state index >= 15 is 0 Å². The first-order valence-corrected chi connectivity index (χ1v) is 16.5. The van der Waals surface area contributed by atoms with Crippen molar-refractivity contribution >= 4 is 63.8 Å². The fraction of sp³-hybridized carbons (Fsp3) is 0.242. The summed E-state index contributed by atoms with van der Waals surface area (Å²) in [5, 5.41) is 3.18. The summed E-state index contributed by atoms with van der Waals surface area (Å²) >= 11 is 1.14. The Morgan fingerprint density at radius 1 is 0.930 bits per heavy atom. The van der Waals surface area contributed by atoms with Gasteiger partial charge in [-0.1, -0.05) is 97.6 Å². The van der Waals surface area contributed by atoms with E-state index in [4.69, 9.17) is 14.2 Å². The van der Waals surface area contributed by atoms with Crippen molar-refractivity contribution in [3.63, 3.8) is 0 Å². The lowest BCUT2D eigenvalue weighted by Gasteiger charge is -2.47. The number of nitrogens with zero attached hydrogens (tertiary/aromatic N) is 1. The van der Waals surface area contributed by atoms with Crippen LogP contribution in [0, 0.1) is 5.92 Å². The summed E-state index contributed by atoms with van der Waals surface area (Å²) in [5.74, 6) is -3.80. The summed E-state index contributed by atoms with van der Waals surface area (Å²) in [5.41, 5.74) is 0.145. The Bertz CT molecular complexity index is 1430. The van der Waals surface area contributed by atoms with Crippen LogP contribution in [0.15, 0.2) is 103 Å². The molecule has 224 valence electrons. The number of methoxy groups -OCH3 is 1. The van der Waals surface area contributed by atoms with Gasteiger partial charge < -0.3 is 14.2 Å². The zero-order chi connectivity index (χ0) is 31.0. The zero-order valence-corrected chi connectivity index (χ0v) is 26.0. The lowest BCUT2D eigenvalue weighted by atomic mass is 9.98. The minimum absolute atomic E-state index is 0.145. The second-order valence-corrected chi connectivity index (χ2v) is 14.0. The number of hydrogen-bond donors (Lipinski definition) is 0. The first-order chi connectivity index (χ1) is 20.8. The van der Waals surface area contributed by atoms with Gasteiger partial charge in [-0.05, 0) is 35.2 Å². The predicted octanol–water partition coefficient (Wildman–Crippen LogP) is 3.83. The van der Waals surface area contributed by atoms with Crippen LogP contribution in [0.4, 0.5) is 0 Å². The third-order valence-electron chi connectivity index (χ3n) is 6.95. The van der Waals surface area contributed by atoms with Crippen LogP contribution < -0.4 is 15.9 Å². The highest BCUT2D eigenvalue weighted by molar-refractivity contribution is 8.03. The van der Waals surface area contributed by atoms with Crippen molar-refractivity contribution in [3.8, 4) is 0 Å². The molecule has 3 atom stereocenters. The number of ether oxygens (including phenoxy) is 3. The van der Waals surface area contributed by atoms with E-state index in [0.717, 1.165) is 27.7 Å². The Balaban J connectivity index is 1.95. The smallest absolute Gasteiger partial charge is 0.355 e. The Morgan fingerprint density at radius 2 is 1.42 bits per heavy atom.